The summed E-state index contributed by atoms with van der Waals surface area (Å²) in [6, 6.07) is 0. The lowest BCUT2D eigenvalue weighted by molar-refractivity contribution is -0.243. The average Bonchev–Trinajstić information content (AvgIpc) is 2.83. The van der Waals surface area contributed by atoms with Crippen molar-refractivity contribution in [3.8, 4) is 0 Å². The van der Waals surface area contributed by atoms with Crippen LogP contribution in [0.25, 0.3) is 0 Å². The van der Waals surface area contributed by atoms with E-state index < -0.39 is 29.0 Å². The van der Waals surface area contributed by atoms with Gasteiger partial charge in [0.1, 0.15) is 0 Å². The number of carboxylic acid groups (broad SMARTS) is 1. The summed E-state index contributed by atoms with van der Waals surface area (Å²) in [5.41, 5.74) is -0.896. The van der Waals surface area contributed by atoms with Gasteiger partial charge in [-0.15, -0.1) is 0 Å². The van der Waals surface area contributed by atoms with Crippen molar-refractivity contribution >= 4 is 5.97 Å². The fourth-order valence-corrected chi connectivity index (χ4v) is 10.8. The predicted molar refractivity (Wildman–Crippen MR) is 137 cm³/mol. The van der Waals surface area contributed by atoms with Crippen LogP contribution in [0.3, 0.4) is 0 Å². The topological polar surface area (TPSA) is 118 Å². The Hall–Kier alpha value is -0.950. The van der Waals surface area contributed by atoms with E-state index in [1.165, 1.54) is 5.57 Å². The molecular formula is C30H48O6. The minimum atomic E-state index is -0.931. The number of carboxylic acids is 1. The number of allylic oxidation sites excluding steroid dienone is 2. The molecule has 0 bridgehead atoms. The molecule has 6 heteroatoms. The van der Waals surface area contributed by atoms with Crippen molar-refractivity contribution in [3.05, 3.63) is 11.6 Å². The summed E-state index contributed by atoms with van der Waals surface area (Å²) < 4.78 is 0. The Morgan fingerprint density at radius 2 is 1.58 bits per heavy atom. The summed E-state index contributed by atoms with van der Waals surface area (Å²) >= 11 is 0. The molecule has 0 unspecified atom stereocenters. The molecule has 36 heavy (non-hydrogen) atoms. The maximum atomic E-state index is 12.8. The maximum Gasteiger partial charge on any atom is 0.310 e. The number of hydrogen-bond donors (Lipinski definition) is 5. The first-order valence-electron chi connectivity index (χ1n) is 14.2. The molecule has 4 fully saturated rings. The first-order valence-corrected chi connectivity index (χ1v) is 14.2. The van der Waals surface area contributed by atoms with E-state index in [4.69, 9.17) is 0 Å². The van der Waals surface area contributed by atoms with Crippen LogP contribution in [0.2, 0.25) is 0 Å². The van der Waals surface area contributed by atoms with E-state index in [1.54, 1.807) is 0 Å². The highest BCUT2D eigenvalue weighted by Crippen LogP contribution is 2.75. The van der Waals surface area contributed by atoms with Gasteiger partial charge in [0.05, 0.1) is 24.2 Å². The molecule has 0 aromatic rings. The fraction of sp³-hybridized carbons (Fsp3) is 0.900. The van der Waals surface area contributed by atoms with Crippen molar-refractivity contribution < 1.29 is 30.3 Å². The Morgan fingerprint density at radius 3 is 2.19 bits per heavy atom. The van der Waals surface area contributed by atoms with Crippen molar-refractivity contribution in [2.75, 3.05) is 13.2 Å². The van der Waals surface area contributed by atoms with Crippen LogP contribution in [0.5, 0.6) is 0 Å². The van der Waals surface area contributed by atoms with E-state index in [0.29, 0.717) is 25.7 Å². The molecule has 5 aliphatic rings. The predicted octanol–water partition coefficient (Wildman–Crippen LogP) is 4.15. The summed E-state index contributed by atoms with van der Waals surface area (Å²) in [7, 11) is 0. The lowest BCUT2D eigenvalue weighted by atomic mass is 9.33. The lowest BCUT2D eigenvalue weighted by Crippen LogP contribution is -2.68. The average molecular weight is 505 g/mol. The Kier molecular flexibility index (Phi) is 5.95. The molecule has 0 saturated heterocycles. The van der Waals surface area contributed by atoms with Gasteiger partial charge in [-0.1, -0.05) is 46.3 Å². The summed E-state index contributed by atoms with van der Waals surface area (Å²) in [6.45, 7) is 11.0. The van der Waals surface area contributed by atoms with E-state index in [-0.39, 0.29) is 52.6 Å². The molecule has 0 spiro atoms. The van der Waals surface area contributed by atoms with Crippen LogP contribution in [-0.2, 0) is 4.79 Å². The highest BCUT2D eigenvalue weighted by atomic mass is 16.4. The Balaban J connectivity index is 1.61. The van der Waals surface area contributed by atoms with Gasteiger partial charge >= 0.3 is 5.97 Å². The van der Waals surface area contributed by atoms with Gasteiger partial charge < -0.3 is 25.5 Å². The molecule has 5 rings (SSSR count). The van der Waals surface area contributed by atoms with Crippen LogP contribution in [0.15, 0.2) is 11.6 Å². The second kappa shape index (κ2) is 8.03. The van der Waals surface area contributed by atoms with Crippen LogP contribution in [0, 0.1) is 50.2 Å². The highest BCUT2D eigenvalue weighted by molar-refractivity contribution is 5.76. The standard InChI is InChI=1S/C30H48O6/c1-25(16-31)10-12-30(24(35)36)13-11-28(4)18(19(30)14-25)6-7-22-26(2)15-20(33)23(34)27(3,17-32)21(26)8-9-29(22,28)5/h6,19-23,31-34H,7-17H2,1-5H3,(H,35,36)/t19-,20+,21+,22+,23-,25+,26-,27+,28+,29+,30-/m0/s1. The van der Waals surface area contributed by atoms with E-state index in [1.807, 2.05) is 6.92 Å². The number of aliphatic carboxylic acids is 1. The quantitative estimate of drug-likeness (QED) is 0.369. The molecule has 0 aromatic heterocycles. The molecule has 6 nitrogen and oxygen atoms in total. The molecule has 0 aromatic carbocycles. The molecule has 0 radical (unpaired) electrons. The summed E-state index contributed by atoms with van der Waals surface area (Å²) in [6.07, 6.45) is 7.37. The van der Waals surface area contributed by atoms with Crippen LogP contribution in [0.1, 0.15) is 92.4 Å². The molecule has 5 aliphatic carbocycles. The molecular weight excluding hydrogens is 456 g/mol. The van der Waals surface area contributed by atoms with Crippen molar-refractivity contribution in [2.24, 2.45) is 50.2 Å². The number of rotatable bonds is 3. The minimum absolute atomic E-state index is 0.0653. The van der Waals surface area contributed by atoms with Crippen LogP contribution >= 0.6 is 0 Å². The summed E-state index contributed by atoms with van der Waals surface area (Å²) in [4.78, 5) is 12.8. The van der Waals surface area contributed by atoms with Gasteiger partial charge in [-0.25, -0.2) is 0 Å². The van der Waals surface area contributed by atoms with Gasteiger partial charge in [-0.05, 0) is 97.2 Å². The third-order valence-corrected chi connectivity index (χ3v) is 13.4. The molecule has 204 valence electrons. The van der Waals surface area contributed by atoms with Gasteiger partial charge in [0.2, 0.25) is 0 Å². The monoisotopic (exact) mass is 504 g/mol. The minimum Gasteiger partial charge on any atom is -0.481 e. The molecule has 0 heterocycles. The summed E-state index contributed by atoms with van der Waals surface area (Å²) in [5, 5.41) is 53.1. The second-order valence-corrected chi connectivity index (χ2v) is 14.9. The zero-order chi connectivity index (χ0) is 26.5. The van der Waals surface area contributed by atoms with Gasteiger partial charge in [0.15, 0.2) is 0 Å². The normalized spacial score (nSPS) is 56.5. The Morgan fingerprint density at radius 1 is 0.917 bits per heavy atom. The van der Waals surface area contributed by atoms with Crippen molar-refractivity contribution in [2.45, 2.75) is 105 Å². The number of aliphatic hydroxyl groups excluding tert-OH is 4. The number of aliphatic hydroxyl groups is 4. The van der Waals surface area contributed by atoms with Gasteiger partial charge in [0, 0.05) is 12.0 Å². The first-order chi connectivity index (χ1) is 16.7. The highest BCUT2D eigenvalue weighted by Gasteiger charge is 2.70. The number of carbonyl (C=O) groups is 1. The third-order valence-electron chi connectivity index (χ3n) is 13.4. The van der Waals surface area contributed by atoms with Crippen LogP contribution in [0.4, 0.5) is 0 Å². The van der Waals surface area contributed by atoms with E-state index in [0.717, 1.165) is 32.1 Å². The van der Waals surface area contributed by atoms with Crippen molar-refractivity contribution in [1.29, 1.82) is 0 Å². The van der Waals surface area contributed by atoms with Crippen LogP contribution in [-0.4, -0.2) is 56.9 Å². The van der Waals surface area contributed by atoms with Gasteiger partial charge in [-0.3, -0.25) is 4.79 Å². The molecule has 4 saturated carbocycles. The van der Waals surface area contributed by atoms with Gasteiger partial charge in [-0.2, -0.15) is 0 Å². The SMILES string of the molecule is C[C@@]1(CO)CC[C@]2(C(=O)O)CC[C@]3(C)C(=CC[C@@H]4[C@@]5(C)C[C@@H](O)[C@H](O)[C@](C)(CO)[C@@H]5CC[C@]43C)[C@@H]2C1. The molecule has 0 aliphatic heterocycles. The lowest BCUT2D eigenvalue weighted by Gasteiger charge is -2.71. The molecule has 5 N–H and O–H groups in total. The van der Waals surface area contributed by atoms with Crippen LogP contribution < -0.4 is 0 Å². The fourth-order valence-electron chi connectivity index (χ4n) is 10.8. The largest absolute Gasteiger partial charge is 0.481 e. The van der Waals surface area contributed by atoms with Gasteiger partial charge in [0.25, 0.3) is 0 Å². The number of hydrogen-bond acceptors (Lipinski definition) is 5. The van der Waals surface area contributed by atoms with E-state index in [2.05, 4.69) is 33.8 Å². The first kappa shape index (κ1) is 26.6. The molecule has 0 amide bonds. The number of fused-ring (bicyclic) bond motifs is 7. The Bertz CT molecular complexity index is 963. The van der Waals surface area contributed by atoms with Crippen molar-refractivity contribution in [1.82, 2.24) is 0 Å². The van der Waals surface area contributed by atoms with E-state index >= 15 is 0 Å². The third kappa shape index (κ3) is 3.08. The Labute approximate surface area is 216 Å². The molecule has 11 atom stereocenters. The maximum absolute atomic E-state index is 12.8. The zero-order valence-corrected chi connectivity index (χ0v) is 22.9. The van der Waals surface area contributed by atoms with E-state index in [9.17, 15) is 30.3 Å². The second-order valence-electron chi connectivity index (χ2n) is 14.9. The zero-order valence-electron chi connectivity index (χ0n) is 22.9. The summed E-state index contributed by atoms with van der Waals surface area (Å²) in [5.74, 6) is -0.360. The van der Waals surface area contributed by atoms with Crippen molar-refractivity contribution in [3.63, 3.8) is 0 Å². The smallest absolute Gasteiger partial charge is 0.310 e.